The van der Waals surface area contributed by atoms with Gasteiger partial charge in [-0.25, -0.2) is 8.78 Å². The molecule has 2 unspecified atom stereocenters. The lowest BCUT2D eigenvalue weighted by molar-refractivity contribution is -0.137. The van der Waals surface area contributed by atoms with Crippen LogP contribution in [0.2, 0.25) is 0 Å². The van der Waals surface area contributed by atoms with E-state index >= 15 is 0 Å². The molecule has 1 aromatic heterocycles. The van der Waals surface area contributed by atoms with Gasteiger partial charge in [-0.15, -0.1) is 0 Å². The van der Waals surface area contributed by atoms with Crippen molar-refractivity contribution >= 4 is 0 Å². The summed E-state index contributed by atoms with van der Waals surface area (Å²) in [6.07, 6.45) is -1.08. The minimum absolute atomic E-state index is 0.0693. The van der Waals surface area contributed by atoms with Gasteiger partial charge in [-0.2, -0.15) is 13.2 Å². The second kappa shape index (κ2) is 8.00. The summed E-state index contributed by atoms with van der Waals surface area (Å²) in [6, 6.07) is 3.31. The number of nitrogens with one attached hydrogen (secondary N) is 2. The first-order valence-electron chi connectivity index (χ1n) is 9.35. The summed E-state index contributed by atoms with van der Waals surface area (Å²) in [7, 11) is 0. The molecule has 0 saturated heterocycles. The highest BCUT2D eigenvalue weighted by molar-refractivity contribution is 5.62. The SMILES string of the molecule is CCC1CC(NC(C)c2cc(F)c(-c3cc(C(F)(F)F)cc(C)n3)cc2F)=CN1. The molecule has 2 heterocycles. The predicted molar refractivity (Wildman–Crippen MR) is 101 cm³/mol. The average molecular weight is 411 g/mol. The van der Waals surface area contributed by atoms with Crippen LogP contribution in [0, 0.1) is 18.6 Å². The smallest absolute Gasteiger partial charge is 0.386 e. The molecular weight excluding hydrogens is 389 g/mol. The van der Waals surface area contributed by atoms with E-state index in [1.54, 1.807) is 6.92 Å². The minimum atomic E-state index is -4.60. The van der Waals surface area contributed by atoms with Crippen LogP contribution in [-0.2, 0) is 6.18 Å². The molecular formula is C21H22F5N3. The third-order valence-electron chi connectivity index (χ3n) is 4.96. The summed E-state index contributed by atoms with van der Waals surface area (Å²) in [5, 5.41) is 6.35. The molecule has 0 aliphatic carbocycles. The highest BCUT2D eigenvalue weighted by atomic mass is 19.4. The van der Waals surface area contributed by atoms with Gasteiger partial charge in [-0.3, -0.25) is 4.98 Å². The number of hydrogen-bond acceptors (Lipinski definition) is 3. The van der Waals surface area contributed by atoms with Crippen molar-refractivity contribution in [3.8, 4) is 11.3 Å². The second-order valence-corrected chi connectivity index (χ2v) is 7.25. The van der Waals surface area contributed by atoms with Crippen molar-refractivity contribution in [2.24, 2.45) is 0 Å². The van der Waals surface area contributed by atoms with Crippen molar-refractivity contribution in [2.45, 2.75) is 51.9 Å². The molecule has 156 valence electrons. The number of halogens is 5. The Balaban J connectivity index is 1.89. The Kier molecular flexibility index (Phi) is 5.82. The molecule has 1 aliphatic heterocycles. The van der Waals surface area contributed by atoms with Crippen LogP contribution >= 0.6 is 0 Å². The summed E-state index contributed by atoms with van der Waals surface area (Å²) in [6.45, 7) is 5.12. The molecule has 2 N–H and O–H groups in total. The van der Waals surface area contributed by atoms with E-state index in [2.05, 4.69) is 22.5 Å². The Morgan fingerprint density at radius 3 is 2.52 bits per heavy atom. The third kappa shape index (κ3) is 4.68. The number of aromatic nitrogens is 1. The fourth-order valence-electron chi connectivity index (χ4n) is 3.38. The normalized spacial score (nSPS) is 17.7. The zero-order valence-electron chi connectivity index (χ0n) is 16.3. The number of rotatable bonds is 5. The highest BCUT2D eigenvalue weighted by Crippen LogP contribution is 2.34. The maximum absolute atomic E-state index is 14.7. The van der Waals surface area contributed by atoms with Crippen molar-refractivity contribution < 1.29 is 22.0 Å². The Bertz CT molecular complexity index is 937. The van der Waals surface area contributed by atoms with Crippen LogP contribution in [0.25, 0.3) is 11.3 Å². The van der Waals surface area contributed by atoms with Gasteiger partial charge in [0.05, 0.1) is 17.3 Å². The minimum Gasteiger partial charge on any atom is -0.386 e. The lowest BCUT2D eigenvalue weighted by Crippen LogP contribution is -2.20. The summed E-state index contributed by atoms with van der Waals surface area (Å²) >= 11 is 0. The van der Waals surface area contributed by atoms with Crippen LogP contribution in [-0.4, -0.2) is 11.0 Å². The van der Waals surface area contributed by atoms with E-state index in [0.29, 0.717) is 6.04 Å². The van der Waals surface area contributed by atoms with E-state index in [0.717, 1.165) is 42.8 Å². The van der Waals surface area contributed by atoms with Gasteiger partial charge in [0, 0.05) is 41.2 Å². The van der Waals surface area contributed by atoms with Gasteiger partial charge in [0.25, 0.3) is 0 Å². The molecule has 1 aromatic carbocycles. The first-order valence-corrected chi connectivity index (χ1v) is 9.35. The van der Waals surface area contributed by atoms with E-state index in [-0.39, 0.29) is 22.5 Å². The largest absolute Gasteiger partial charge is 0.416 e. The predicted octanol–water partition coefficient (Wildman–Crippen LogP) is 5.62. The molecule has 1 aliphatic rings. The number of hydrogen-bond donors (Lipinski definition) is 2. The number of aryl methyl sites for hydroxylation is 1. The Morgan fingerprint density at radius 2 is 1.90 bits per heavy atom. The summed E-state index contributed by atoms with van der Waals surface area (Å²) < 4.78 is 68.6. The van der Waals surface area contributed by atoms with Gasteiger partial charge in [-0.05, 0) is 44.5 Å². The first kappa shape index (κ1) is 21.1. The lowest BCUT2D eigenvalue weighted by Gasteiger charge is -2.19. The quantitative estimate of drug-likeness (QED) is 0.628. The van der Waals surface area contributed by atoms with Crippen LogP contribution in [0.1, 0.15) is 49.6 Å². The van der Waals surface area contributed by atoms with Crippen molar-refractivity contribution in [3.05, 3.63) is 64.6 Å². The molecule has 3 nitrogen and oxygen atoms in total. The second-order valence-electron chi connectivity index (χ2n) is 7.25. The fourth-order valence-corrected chi connectivity index (χ4v) is 3.38. The van der Waals surface area contributed by atoms with Crippen LogP contribution < -0.4 is 10.6 Å². The van der Waals surface area contributed by atoms with E-state index in [9.17, 15) is 22.0 Å². The zero-order chi connectivity index (χ0) is 21.3. The maximum atomic E-state index is 14.7. The first-order chi connectivity index (χ1) is 13.6. The summed E-state index contributed by atoms with van der Waals surface area (Å²) in [4.78, 5) is 3.96. The van der Waals surface area contributed by atoms with E-state index in [4.69, 9.17) is 0 Å². The molecule has 0 bridgehead atoms. The molecule has 0 amide bonds. The molecule has 0 spiro atoms. The molecule has 0 radical (unpaired) electrons. The molecule has 2 aromatic rings. The Morgan fingerprint density at radius 1 is 1.17 bits per heavy atom. The number of pyridine rings is 1. The van der Waals surface area contributed by atoms with E-state index in [1.807, 2.05) is 6.20 Å². The van der Waals surface area contributed by atoms with Gasteiger partial charge in [0.15, 0.2) is 0 Å². The number of benzene rings is 1. The third-order valence-corrected chi connectivity index (χ3v) is 4.96. The Labute approximate surface area is 166 Å². The molecule has 29 heavy (non-hydrogen) atoms. The Hall–Kier alpha value is -2.64. The monoisotopic (exact) mass is 411 g/mol. The summed E-state index contributed by atoms with van der Waals surface area (Å²) in [5.41, 5.74) is -0.459. The molecule has 0 saturated carbocycles. The van der Waals surface area contributed by atoms with Crippen molar-refractivity contribution in [1.29, 1.82) is 0 Å². The standard InChI is InChI=1S/C21H22F5N3/c1-4-14-7-15(10-27-14)29-12(3)16-8-19(23)17(9-18(16)22)20-6-13(21(24,25)26)5-11(2)28-20/h5-6,8-10,12,14,27,29H,4,7H2,1-3H3. The van der Waals surface area contributed by atoms with Crippen LogP contribution in [0.15, 0.2) is 36.2 Å². The van der Waals surface area contributed by atoms with Crippen molar-refractivity contribution in [1.82, 2.24) is 15.6 Å². The molecule has 8 heteroatoms. The maximum Gasteiger partial charge on any atom is 0.416 e. The van der Waals surface area contributed by atoms with Gasteiger partial charge in [0.1, 0.15) is 11.6 Å². The lowest BCUT2D eigenvalue weighted by atomic mass is 10.0. The van der Waals surface area contributed by atoms with Crippen LogP contribution in [0.4, 0.5) is 22.0 Å². The number of alkyl halides is 3. The van der Waals surface area contributed by atoms with Gasteiger partial charge in [-0.1, -0.05) is 6.92 Å². The molecule has 3 rings (SSSR count). The fraction of sp³-hybridized carbons (Fsp3) is 0.381. The van der Waals surface area contributed by atoms with Crippen molar-refractivity contribution in [3.63, 3.8) is 0 Å². The highest BCUT2D eigenvalue weighted by Gasteiger charge is 2.32. The molecule has 0 fully saturated rings. The van der Waals surface area contributed by atoms with Crippen molar-refractivity contribution in [2.75, 3.05) is 0 Å². The van der Waals surface area contributed by atoms with Crippen LogP contribution in [0.3, 0.4) is 0 Å². The van der Waals surface area contributed by atoms with E-state index in [1.165, 1.54) is 6.92 Å². The van der Waals surface area contributed by atoms with Gasteiger partial charge < -0.3 is 10.6 Å². The molecule has 2 atom stereocenters. The zero-order valence-corrected chi connectivity index (χ0v) is 16.3. The van der Waals surface area contributed by atoms with Gasteiger partial charge >= 0.3 is 6.18 Å². The van der Waals surface area contributed by atoms with Gasteiger partial charge in [0.2, 0.25) is 0 Å². The topological polar surface area (TPSA) is 37.0 Å². The van der Waals surface area contributed by atoms with E-state index < -0.39 is 29.4 Å². The average Bonchev–Trinajstić information content (AvgIpc) is 3.09. The summed E-state index contributed by atoms with van der Waals surface area (Å²) in [5.74, 6) is -1.54. The van der Waals surface area contributed by atoms with Crippen LogP contribution in [0.5, 0.6) is 0 Å². The number of nitrogens with zero attached hydrogens (tertiary/aromatic N) is 1.